The van der Waals surface area contributed by atoms with Crippen LogP contribution in [-0.4, -0.2) is 53.4 Å². The largest absolute Gasteiger partial charge is 0.481 e. The second kappa shape index (κ2) is 8.24. The van der Waals surface area contributed by atoms with Gasteiger partial charge in [0.15, 0.2) is 15.0 Å². The third-order valence-corrected chi connectivity index (χ3v) is 7.90. The van der Waals surface area contributed by atoms with Crippen LogP contribution in [0, 0.1) is 0 Å². The van der Waals surface area contributed by atoms with Gasteiger partial charge < -0.3 is 10.0 Å². The van der Waals surface area contributed by atoms with Crippen LogP contribution in [0.2, 0.25) is 0 Å². The first-order valence-corrected chi connectivity index (χ1v) is 11.6. The SMILES string of the molecule is O=C(O)CCC(=O)N=C1S[C@@H]2CS(=O)(=O)C[C@@H]2N1c1cc(C(F)(F)F)cc(C(F)(F)F)c1. The predicted octanol–water partition coefficient (Wildman–Crippen LogP) is 3.19. The quantitative estimate of drug-likeness (QED) is 0.628. The van der Waals surface area contributed by atoms with E-state index < -0.39 is 86.5 Å². The summed E-state index contributed by atoms with van der Waals surface area (Å²) in [5.41, 5.74) is -3.82. The molecule has 2 saturated heterocycles. The van der Waals surface area contributed by atoms with Gasteiger partial charge in [0.25, 0.3) is 0 Å². The van der Waals surface area contributed by atoms with Crippen molar-refractivity contribution in [2.24, 2.45) is 4.99 Å². The lowest BCUT2D eigenvalue weighted by atomic mass is 10.1. The monoisotopic (exact) mass is 504 g/mol. The molecule has 3 rings (SSSR count). The lowest BCUT2D eigenvalue weighted by Gasteiger charge is -2.26. The van der Waals surface area contributed by atoms with Crippen molar-refractivity contribution in [3.8, 4) is 0 Å². The standard InChI is InChI=1S/C17H14F6N2O5S2/c18-16(19,20)8-3-9(17(21,22)23)5-10(4-8)25-11-6-32(29,30)7-12(11)31-15(25)24-13(26)1-2-14(27)28/h3-5,11-12H,1-2,6-7H2,(H,27,28)/t11-,12+/m0/s1. The van der Waals surface area contributed by atoms with Crippen LogP contribution in [0.5, 0.6) is 0 Å². The van der Waals surface area contributed by atoms with Gasteiger partial charge in [0, 0.05) is 17.4 Å². The highest BCUT2D eigenvalue weighted by atomic mass is 32.2. The Morgan fingerprint density at radius 2 is 1.59 bits per heavy atom. The van der Waals surface area contributed by atoms with Crippen molar-refractivity contribution in [1.82, 2.24) is 0 Å². The molecule has 32 heavy (non-hydrogen) atoms. The number of halogens is 6. The van der Waals surface area contributed by atoms with Crippen molar-refractivity contribution < 1.29 is 49.5 Å². The number of fused-ring (bicyclic) bond motifs is 1. The molecule has 2 heterocycles. The molecule has 2 fully saturated rings. The molecule has 0 saturated carbocycles. The summed E-state index contributed by atoms with van der Waals surface area (Å²) in [6.07, 6.45) is -11.4. The van der Waals surface area contributed by atoms with Crippen LogP contribution in [0.3, 0.4) is 0 Å². The third-order valence-electron chi connectivity index (χ3n) is 4.69. The van der Waals surface area contributed by atoms with E-state index in [1.165, 1.54) is 0 Å². The lowest BCUT2D eigenvalue weighted by molar-refractivity contribution is -0.143. The Balaban J connectivity index is 2.11. The lowest BCUT2D eigenvalue weighted by Crippen LogP contribution is -2.38. The number of rotatable bonds is 4. The second-order valence-corrected chi connectivity index (χ2v) is 10.5. The minimum atomic E-state index is -5.13. The Morgan fingerprint density at radius 3 is 2.09 bits per heavy atom. The summed E-state index contributed by atoms with van der Waals surface area (Å²) >= 11 is 0.742. The Hall–Kier alpha value is -2.29. The molecule has 2 atom stereocenters. The normalized spacial score (nSPS) is 24.1. The molecule has 1 aromatic carbocycles. The molecule has 0 aliphatic carbocycles. The Kier molecular flexibility index (Phi) is 6.27. The second-order valence-electron chi connectivity index (χ2n) is 7.12. The summed E-state index contributed by atoms with van der Waals surface area (Å²) in [5, 5.41) is 7.61. The van der Waals surface area contributed by atoms with E-state index in [-0.39, 0.29) is 11.2 Å². The fraction of sp³-hybridized carbons (Fsp3) is 0.471. The van der Waals surface area contributed by atoms with E-state index in [0.29, 0.717) is 12.1 Å². The van der Waals surface area contributed by atoms with Gasteiger partial charge in [-0.3, -0.25) is 9.59 Å². The number of carbonyl (C=O) groups excluding carboxylic acids is 1. The molecule has 7 nitrogen and oxygen atoms in total. The number of sulfone groups is 1. The van der Waals surface area contributed by atoms with Crippen molar-refractivity contribution in [3.05, 3.63) is 29.3 Å². The first-order chi connectivity index (χ1) is 14.6. The molecule has 0 radical (unpaired) electrons. The zero-order valence-electron chi connectivity index (χ0n) is 15.8. The van der Waals surface area contributed by atoms with Gasteiger partial charge >= 0.3 is 18.3 Å². The van der Waals surface area contributed by atoms with Crippen molar-refractivity contribution in [1.29, 1.82) is 0 Å². The number of nitrogens with zero attached hydrogens (tertiary/aromatic N) is 2. The Morgan fingerprint density at radius 1 is 1.03 bits per heavy atom. The maximum Gasteiger partial charge on any atom is 0.416 e. The number of amides is 1. The van der Waals surface area contributed by atoms with Crippen molar-refractivity contribution in [2.75, 3.05) is 16.4 Å². The first-order valence-electron chi connectivity index (χ1n) is 8.86. The van der Waals surface area contributed by atoms with Crippen molar-refractivity contribution >= 4 is 44.3 Å². The van der Waals surface area contributed by atoms with E-state index in [2.05, 4.69) is 4.99 Å². The topological polar surface area (TPSA) is 104 Å². The van der Waals surface area contributed by atoms with Gasteiger partial charge in [0.1, 0.15) is 0 Å². The fourth-order valence-corrected chi connectivity index (χ4v) is 7.25. The molecule has 1 amide bonds. The summed E-state index contributed by atoms with van der Waals surface area (Å²) in [5.74, 6) is -3.20. The number of amidine groups is 1. The van der Waals surface area contributed by atoms with Crippen LogP contribution in [0.1, 0.15) is 24.0 Å². The van der Waals surface area contributed by atoms with Gasteiger partial charge in [-0.05, 0) is 18.2 Å². The summed E-state index contributed by atoms with van der Waals surface area (Å²) in [7, 11) is -3.62. The molecule has 0 aromatic heterocycles. The minimum absolute atomic E-state index is 0.0651. The highest BCUT2D eigenvalue weighted by Gasteiger charge is 2.50. The van der Waals surface area contributed by atoms with Gasteiger partial charge in [-0.15, -0.1) is 0 Å². The number of carbonyl (C=O) groups is 2. The van der Waals surface area contributed by atoms with E-state index >= 15 is 0 Å². The smallest absolute Gasteiger partial charge is 0.416 e. The maximum absolute atomic E-state index is 13.3. The number of benzene rings is 1. The van der Waals surface area contributed by atoms with Crippen molar-refractivity contribution in [2.45, 2.75) is 36.5 Å². The molecular weight excluding hydrogens is 490 g/mol. The summed E-state index contributed by atoms with van der Waals surface area (Å²) in [6, 6.07) is -0.244. The maximum atomic E-state index is 13.3. The van der Waals surface area contributed by atoms with Crippen LogP contribution < -0.4 is 4.90 Å². The van der Waals surface area contributed by atoms with Crippen LogP contribution >= 0.6 is 11.8 Å². The number of anilines is 1. The zero-order chi connectivity index (χ0) is 24.1. The Labute approximate surface area is 181 Å². The highest BCUT2D eigenvalue weighted by Crippen LogP contribution is 2.44. The molecular formula is C17H14F6N2O5S2. The van der Waals surface area contributed by atoms with E-state index in [4.69, 9.17) is 5.11 Å². The van der Waals surface area contributed by atoms with E-state index in [1.807, 2.05) is 0 Å². The van der Waals surface area contributed by atoms with E-state index in [9.17, 15) is 44.3 Å². The number of carboxylic acids is 1. The molecule has 2 aliphatic heterocycles. The van der Waals surface area contributed by atoms with E-state index in [0.717, 1.165) is 16.7 Å². The van der Waals surface area contributed by atoms with E-state index in [1.54, 1.807) is 0 Å². The van der Waals surface area contributed by atoms with Gasteiger partial charge in [-0.1, -0.05) is 11.8 Å². The molecule has 15 heteroatoms. The fourth-order valence-electron chi connectivity index (χ4n) is 3.32. The van der Waals surface area contributed by atoms with Crippen molar-refractivity contribution in [3.63, 3.8) is 0 Å². The molecule has 1 aromatic rings. The van der Waals surface area contributed by atoms with Gasteiger partial charge in [-0.2, -0.15) is 31.3 Å². The molecule has 0 spiro atoms. The highest BCUT2D eigenvalue weighted by molar-refractivity contribution is 8.16. The summed E-state index contributed by atoms with van der Waals surface area (Å²) in [4.78, 5) is 27.2. The number of carboxylic acid groups (broad SMARTS) is 1. The first kappa shape index (κ1) is 24.4. The van der Waals surface area contributed by atoms with Crippen LogP contribution in [0.25, 0.3) is 0 Å². The number of thioether (sulfide) groups is 1. The number of aliphatic imine (C=N–C) groups is 1. The summed E-state index contributed by atoms with van der Waals surface area (Å²) < 4.78 is 104. The number of aliphatic carboxylic acids is 1. The Bertz CT molecular complexity index is 1050. The average Bonchev–Trinajstić information content (AvgIpc) is 3.08. The van der Waals surface area contributed by atoms with Crippen LogP contribution in [0.15, 0.2) is 23.2 Å². The van der Waals surface area contributed by atoms with Gasteiger partial charge in [0.05, 0.1) is 35.1 Å². The predicted molar refractivity (Wildman–Crippen MR) is 102 cm³/mol. The molecule has 0 bridgehead atoms. The van der Waals surface area contributed by atoms with Gasteiger partial charge in [0.2, 0.25) is 5.91 Å². The molecule has 176 valence electrons. The van der Waals surface area contributed by atoms with Gasteiger partial charge in [-0.25, -0.2) is 8.42 Å². The summed E-state index contributed by atoms with van der Waals surface area (Å²) in [6.45, 7) is 0. The molecule has 0 unspecified atom stereocenters. The van der Waals surface area contributed by atoms with Crippen LogP contribution in [0.4, 0.5) is 32.0 Å². The third kappa shape index (κ3) is 5.36. The minimum Gasteiger partial charge on any atom is -0.481 e. The average molecular weight is 504 g/mol. The number of hydrogen-bond donors (Lipinski definition) is 1. The van der Waals surface area contributed by atoms with Crippen LogP contribution in [-0.2, 0) is 31.8 Å². The number of alkyl halides is 6. The number of hydrogen-bond acceptors (Lipinski definition) is 5. The molecule has 2 aliphatic rings. The molecule has 1 N–H and O–H groups in total. The zero-order valence-corrected chi connectivity index (χ0v) is 17.4.